The molecule has 2 aromatic carbocycles. The van der Waals surface area contributed by atoms with Crippen LogP contribution in [0.4, 0.5) is 11.4 Å². The lowest BCUT2D eigenvalue weighted by Crippen LogP contribution is -2.29. The second-order valence-corrected chi connectivity index (χ2v) is 7.64. The zero-order valence-corrected chi connectivity index (χ0v) is 17.0. The van der Waals surface area contributed by atoms with Crippen LogP contribution in [0.15, 0.2) is 58.5 Å². The van der Waals surface area contributed by atoms with Gasteiger partial charge in [0.15, 0.2) is 5.16 Å². The molecule has 0 bridgehead atoms. The van der Waals surface area contributed by atoms with E-state index in [2.05, 4.69) is 4.98 Å². The van der Waals surface area contributed by atoms with Gasteiger partial charge in [0.2, 0.25) is 5.91 Å². The van der Waals surface area contributed by atoms with E-state index >= 15 is 0 Å². The highest BCUT2D eigenvalue weighted by Crippen LogP contribution is 2.23. The van der Waals surface area contributed by atoms with Gasteiger partial charge in [-0.3, -0.25) is 24.3 Å². The number of nitrogens with zero attached hydrogens (tertiary/aromatic N) is 4. The molecule has 0 aliphatic heterocycles. The SMILES string of the molecule is CC(C)n1c(SCC(=O)N(C)c2ccc([N+](=O)[O-])cc2)nc2ccccc2c1=O. The van der Waals surface area contributed by atoms with Crippen LogP contribution in [0.2, 0.25) is 0 Å². The first-order valence-electron chi connectivity index (χ1n) is 8.94. The number of rotatable bonds is 6. The Bertz CT molecular complexity index is 1130. The fraction of sp³-hybridized carbons (Fsp3) is 0.250. The van der Waals surface area contributed by atoms with E-state index in [1.165, 1.54) is 40.9 Å². The lowest BCUT2D eigenvalue weighted by Gasteiger charge is -2.19. The third kappa shape index (κ3) is 4.29. The number of nitro groups is 1. The number of thioether (sulfide) groups is 1. The van der Waals surface area contributed by atoms with Crippen LogP contribution in [-0.4, -0.2) is 33.2 Å². The number of amides is 1. The van der Waals surface area contributed by atoms with Gasteiger partial charge in [-0.2, -0.15) is 0 Å². The Morgan fingerprint density at radius 2 is 1.86 bits per heavy atom. The van der Waals surface area contributed by atoms with Crippen molar-refractivity contribution in [3.63, 3.8) is 0 Å². The second kappa shape index (κ2) is 8.44. The third-order valence-electron chi connectivity index (χ3n) is 4.44. The maximum absolute atomic E-state index is 12.8. The number of aromatic nitrogens is 2. The number of nitro benzene ring substituents is 1. The molecule has 0 saturated heterocycles. The van der Waals surface area contributed by atoms with Crippen LogP contribution in [0.3, 0.4) is 0 Å². The van der Waals surface area contributed by atoms with Crippen LogP contribution in [0.1, 0.15) is 19.9 Å². The first-order chi connectivity index (χ1) is 13.8. The fourth-order valence-electron chi connectivity index (χ4n) is 2.85. The summed E-state index contributed by atoms with van der Waals surface area (Å²) in [4.78, 5) is 41.7. The van der Waals surface area contributed by atoms with Gasteiger partial charge >= 0.3 is 0 Å². The van der Waals surface area contributed by atoms with Crippen molar-refractivity contribution in [1.29, 1.82) is 0 Å². The minimum atomic E-state index is -0.488. The van der Waals surface area contributed by atoms with Gasteiger partial charge in [-0.05, 0) is 38.1 Å². The molecule has 1 aromatic heterocycles. The molecule has 0 spiro atoms. The smallest absolute Gasteiger partial charge is 0.269 e. The molecular weight excluding hydrogens is 392 g/mol. The first kappa shape index (κ1) is 20.5. The van der Waals surface area contributed by atoms with Crippen LogP contribution < -0.4 is 10.5 Å². The molecule has 9 heteroatoms. The van der Waals surface area contributed by atoms with Crippen LogP contribution in [0, 0.1) is 10.1 Å². The Labute approximate surface area is 171 Å². The Hall–Kier alpha value is -3.20. The Morgan fingerprint density at radius 1 is 1.21 bits per heavy atom. The van der Waals surface area contributed by atoms with Crippen molar-refractivity contribution in [2.45, 2.75) is 25.0 Å². The van der Waals surface area contributed by atoms with Gasteiger partial charge in [0.25, 0.3) is 11.2 Å². The molecule has 150 valence electrons. The molecule has 1 heterocycles. The van der Waals surface area contributed by atoms with E-state index in [0.717, 1.165) is 0 Å². The highest BCUT2D eigenvalue weighted by Gasteiger charge is 2.18. The average molecular weight is 412 g/mol. The lowest BCUT2D eigenvalue weighted by atomic mass is 10.2. The molecule has 0 radical (unpaired) electrons. The second-order valence-electron chi connectivity index (χ2n) is 6.70. The van der Waals surface area contributed by atoms with Crippen molar-refractivity contribution in [2.24, 2.45) is 0 Å². The van der Waals surface area contributed by atoms with Gasteiger partial charge in [-0.1, -0.05) is 23.9 Å². The predicted octanol–water partition coefficient (Wildman–Crippen LogP) is 3.64. The fourth-order valence-corrected chi connectivity index (χ4v) is 3.89. The standard InChI is InChI=1S/C20H20N4O4S/c1-13(2)23-19(26)16-6-4-5-7-17(16)21-20(23)29-12-18(25)22(3)14-8-10-15(11-9-14)24(27)28/h4-11,13H,12H2,1-3H3. The molecule has 0 N–H and O–H groups in total. The molecule has 3 aromatic rings. The summed E-state index contributed by atoms with van der Waals surface area (Å²) in [5, 5.41) is 11.8. The van der Waals surface area contributed by atoms with Crippen molar-refractivity contribution < 1.29 is 9.72 Å². The van der Waals surface area contributed by atoms with Crippen molar-refractivity contribution >= 4 is 39.9 Å². The summed E-state index contributed by atoms with van der Waals surface area (Å²) in [6.07, 6.45) is 0. The van der Waals surface area contributed by atoms with E-state index in [1.54, 1.807) is 29.8 Å². The van der Waals surface area contributed by atoms with Gasteiger partial charge in [0.05, 0.1) is 21.6 Å². The Balaban J connectivity index is 1.82. The molecule has 0 fully saturated rings. The summed E-state index contributed by atoms with van der Waals surface area (Å²) in [6, 6.07) is 12.8. The molecule has 1 amide bonds. The van der Waals surface area contributed by atoms with Crippen LogP contribution in [0.25, 0.3) is 10.9 Å². The van der Waals surface area contributed by atoms with E-state index in [9.17, 15) is 19.7 Å². The first-order valence-corrected chi connectivity index (χ1v) is 9.93. The molecule has 29 heavy (non-hydrogen) atoms. The number of anilines is 1. The predicted molar refractivity (Wildman–Crippen MR) is 114 cm³/mol. The maximum atomic E-state index is 12.8. The third-order valence-corrected chi connectivity index (χ3v) is 5.38. The highest BCUT2D eigenvalue weighted by atomic mass is 32.2. The van der Waals surface area contributed by atoms with Gasteiger partial charge in [-0.15, -0.1) is 0 Å². The average Bonchev–Trinajstić information content (AvgIpc) is 2.71. The summed E-state index contributed by atoms with van der Waals surface area (Å²) >= 11 is 1.20. The highest BCUT2D eigenvalue weighted by molar-refractivity contribution is 7.99. The summed E-state index contributed by atoms with van der Waals surface area (Å²) in [7, 11) is 1.60. The number of benzene rings is 2. The maximum Gasteiger partial charge on any atom is 0.269 e. The van der Waals surface area contributed by atoms with E-state index in [1.807, 2.05) is 19.9 Å². The van der Waals surface area contributed by atoms with Crippen LogP contribution >= 0.6 is 11.8 Å². The molecule has 8 nitrogen and oxygen atoms in total. The largest absolute Gasteiger partial charge is 0.315 e. The van der Waals surface area contributed by atoms with E-state index < -0.39 is 4.92 Å². The normalized spacial score (nSPS) is 11.0. The Kier molecular flexibility index (Phi) is 5.97. The summed E-state index contributed by atoms with van der Waals surface area (Å²) in [5.41, 5.74) is 0.969. The minimum Gasteiger partial charge on any atom is -0.315 e. The number of para-hydroxylation sites is 1. The van der Waals surface area contributed by atoms with Crippen molar-refractivity contribution in [3.05, 3.63) is 69.0 Å². The zero-order chi connectivity index (χ0) is 21.1. The number of hydrogen-bond acceptors (Lipinski definition) is 6. The van der Waals surface area contributed by atoms with Gasteiger partial charge in [-0.25, -0.2) is 4.98 Å². The zero-order valence-electron chi connectivity index (χ0n) is 16.2. The van der Waals surface area contributed by atoms with Crippen molar-refractivity contribution in [1.82, 2.24) is 9.55 Å². The summed E-state index contributed by atoms with van der Waals surface area (Å²) < 4.78 is 1.59. The summed E-state index contributed by atoms with van der Waals surface area (Å²) in [5.74, 6) is -0.132. The lowest BCUT2D eigenvalue weighted by molar-refractivity contribution is -0.384. The van der Waals surface area contributed by atoms with E-state index in [4.69, 9.17) is 0 Å². The molecule has 0 aliphatic rings. The van der Waals surface area contributed by atoms with Gasteiger partial charge < -0.3 is 4.90 Å². The van der Waals surface area contributed by atoms with Crippen molar-refractivity contribution in [3.8, 4) is 0 Å². The van der Waals surface area contributed by atoms with Crippen LogP contribution in [0.5, 0.6) is 0 Å². The number of fused-ring (bicyclic) bond motifs is 1. The monoisotopic (exact) mass is 412 g/mol. The quantitative estimate of drug-likeness (QED) is 0.265. The number of carbonyl (C=O) groups is 1. The van der Waals surface area contributed by atoms with E-state index in [0.29, 0.717) is 21.7 Å². The molecule has 3 rings (SSSR count). The molecule has 0 atom stereocenters. The number of carbonyl (C=O) groups excluding carboxylic acids is 1. The van der Waals surface area contributed by atoms with Crippen molar-refractivity contribution in [2.75, 3.05) is 17.7 Å². The molecule has 0 saturated carbocycles. The van der Waals surface area contributed by atoms with E-state index in [-0.39, 0.29) is 28.9 Å². The summed E-state index contributed by atoms with van der Waals surface area (Å²) in [6.45, 7) is 3.79. The van der Waals surface area contributed by atoms with Gasteiger partial charge in [0.1, 0.15) is 0 Å². The number of hydrogen-bond donors (Lipinski definition) is 0. The van der Waals surface area contributed by atoms with Crippen LogP contribution in [-0.2, 0) is 4.79 Å². The number of non-ortho nitro benzene ring substituents is 1. The topological polar surface area (TPSA) is 98.3 Å². The molecule has 0 aliphatic carbocycles. The minimum absolute atomic E-state index is 0.0368. The Morgan fingerprint density at radius 3 is 2.48 bits per heavy atom. The molecule has 0 unspecified atom stereocenters. The molecular formula is C20H20N4O4S. The van der Waals surface area contributed by atoms with Gasteiger partial charge in [0, 0.05) is 30.9 Å².